The number of anilines is 2. The zero-order chi connectivity index (χ0) is 17.0. The van der Waals surface area contributed by atoms with Gasteiger partial charge in [0.05, 0.1) is 11.5 Å². The van der Waals surface area contributed by atoms with Crippen molar-refractivity contribution in [2.45, 2.75) is 6.92 Å². The number of carbonyl (C=O) groups excluding carboxylic acids is 1. The van der Waals surface area contributed by atoms with Crippen molar-refractivity contribution in [3.05, 3.63) is 62.4 Å². The number of hydrogen-bond acceptors (Lipinski definition) is 4. The molecule has 2 rings (SSSR count). The molecule has 8 heteroatoms. The molecule has 6 nitrogen and oxygen atoms in total. The van der Waals surface area contributed by atoms with Gasteiger partial charge >= 0.3 is 5.69 Å². The van der Waals surface area contributed by atoms with Gasteiger partial charge in [-0.25, -0.2) is 0 Å². The summed E-state index contributed by atoms with van der Waals surface area (Å²) < 4.78 is 14.2. The van der Waals surface area contributed by atoms with Crippen molar-refractivity contribution >= 4 is 38.9 Å². The Kier molecular flexibility index (Phi) is 5.28. The number of rotatable bonds is 5. The number of amides is 1. The van der Waals surface area contributed by atoms with Crippen LogP contribution in [0.3, 0.4) is 0 Å². The van der Waals surface area contributed by atoms with Crippen LogP contribution in [0.25, 0.3) is 0 Å². The third-order valence-corrected chi connectivity index (χ3v) is 3.93. The van der Waals surface area contributed by atoms with E-state index in [1.54, 1.807) is 6.07 Å². The Bertz CT molecular complexity index is 768. The highest BCUT2D eigenvalue weighted by atomic mass is 79.9. The molecule has 0 heterocycles. The number of aryl methyl sites for hydroxylation is 1. The fourth-order valence-corrected chi connectivity index (χ4v) is 2.12. The minimum absolute atomic E-state index is 0.0993. The summed E-state index contributed by atoms with van der Waals surface area (Å²) in [5, 5.41) is 16.1. The molecule has 0 aliphatic heterocycles. The number of carbonyl (C=O) groups is 1. The number of nitro groups is 1. The zero-order valence-electron chi connectivity index (χ0n) is 12.1. The van der Waals surface area contributed by atoms with Crippen LogP contribution in [0.15, 0.2) is 40.9 Å². The predicted octanol–water partition coefficient (Wildman–Crippen LogP) is 3.86. The molecule has 0 aliphatic rings. The number of benzene rings is 2. The second kappa shape index (κ2) is 7.19. The van der Waals surface area contributed by atoms with Crippen molar-refractivity contribution in [3.63, 3.8) is 0 Å². The molecule has 23 heavy (non-hydrogen) atoms. The number of nitrogens with zero attached hydrogens (tertiary/aromatic N) is 1. The molecule has 0 saturated heterocycles. The highest BCUT2D eigenvalue weighted by Crippen LogP contribution is 2.22. The maximum Gasteiger partial charge on any atom is 0.306 e. The second-order valence-corrected chi connectivity index (χ2v) is 5.64. The first-order chi connectivity index (χ1) is 10.9. The Balaban J connectivity index is 1.97. The van der Waals surface area contributed by atoms with Gasteiger partial charge in [-0.1, -0.05) is 15.9 Å². The van der Waals surface area contributed by atoms with Crippen molar-refractivity contribution < 1.29 is 14.1 Å². The molecule has 1 amide bonds. The number of hydrogen-bond donors (Lipinski definition) is 2. The highest BCUT2D eigenvalue weighted by Gasteiger charge is 2.14. The molecule has 120 valence electrons. The molecule has 0 fully saturated rings. The molecule has 0 aliphatic carbocycles. The molecular weight excluding hydrogens is 369 g/mol. The van der Waals surface area contributed by atoms with Crippen molar-refractivity contribution in [1.82, 2.24) is 0 Å². The summed E-state index contributed by atoms with van der Waals surface area (Å²) in [4.78, 5) is 21.7. The molecule has 0 atom stereocenters. The number of nitro benzene ring substituents is 1. The van der Waals surface area contributed by atoms with Crippen LogP contribution < -0.4 is 10.6 Å². The van der Waals surface area contributed by atoms with Crippen molar-refractivity contribution in [3.8, 4) is 0 Å². The van der Waals surface area contributed by atoms with Crippen LogP contribution in [-0.2, 0) is 4.79 Å². The van der Waals surface area contributed by atoms with Gasteiger partial charge in [0, 0.05) is 21.9 Å². The van der Waals surface area contributed by atoms with Gasteiger partial charge < -0.3 is 10.6 Å². The predicted molar refractivity (Wildman–Crippen MR) is 89.1 cm³/mol. The fraction of sp³-hybridized carbons (Fsp3) is 0.133. The first-order valence-electron chi connectivity index (χ1n) is 6.60. The molecule has 0 saturated carbocycles. The minimum Gasteiger partial charge on any atom is -0.376 e. The van der Waals surface area contributed by atoms with Crippen LogP contribution in [0.1, 0.15) is 5.56 Å². The lowest BCUT2D eigenvalue weighted by Gasteiger charge is -2.09. The van der Waals surface area contributed by atoms with E-state index in [9.17, 15) is 19.3 Å². The maximum atomic E-state index is 13.2. The average molecular weight is 382 g/mol. The summed E-state index contributed by atoms with van der Waals surface area (Å²) in [6, 6.07) is 8.74. The fourth-order valence-electron chi connectivity index (χ4n) is 1.87. The summed E-state index contributed by atoms with van der Waals surface area (Å²) in [6.45, 7) is 1.80. The minimum atomic E-state index is -0.921. The van der Waals surface area contributed by atoms with Crippen molar-refractivity contribution in [2.24, 2.45) is 0 Å². The maximum absolute atomic E-state index is 13.2. The highest BCUT2D eigenvalue weighted by molar-refractivity contribution is 9.10. The molecule has 2 aromatic carbocycles. The zero-order valence-corrected chi connectivity index (χ0v) is 13.7. The molecular formula is C15H13BrFN3O3. The van der Waals surface area contributed by atoms with E-state index >= 15 is 0 Å². The molecule has 0 radical (unpaired) electrons. The Hall–Kier alpha value is -2.48. The third kappa shape index (κ3) is 4.49. The molecule has 0 aromatic heterocycles. The first kappa shape index (κ1) is 16.9. The summed E-state index contributed by atoms with van der Waals surface area (Å²) in [7, 11) is 0. The Morgan fingerprint density at radius 2 is 1.96 bits per heavy atom. The van der Waals surface area contributed by atoms with Gasteiger partial charge in [-0.15, -0.1) is 0 Å². The van der Waals surface area contributed by atoms with Crippen LogP contribution >= 0.6 is 15.9 Å². The lowest BCUT2D eigenvalue weighted by atomic mass is 10.2. The summed E-state index contributed by atoms with van der Waals surface area (Å²) in [5.74, 6) is -1.24. The van der Waals surface area contributed by atoms with E-state index in [-0.39, 0.29) is 12.5 Å². The van der Waals surface area contributed by atoms with E-state index in [0.29, 0.717) is 11.4 Å². The van der Waals surface area contributed by atoms with Crippen molar-refractivity contribution in [2.75, 3.05) is 17.2 Å². The third-order valence-electron chi connectivity index (χ3n) is 3.04. The van der Waals surface area contributed by atoms with E-state index in [2.05, 4.69) is 26.6 Å². The molecule has 0 bridgehead atoms. The van der Waals surface area contributed by atoms with Gasteiger partial charge in [0.25, 0.3) is 0 Å². The molecule has 2 aromatic rings. The SMILES string of the molecule is Cc1cc(NC(=O)CNc2ccc(F)c([N+](=O)[O-])c2)ccc1Br. The lowest BCUT2D eigenvalue weighted by molar-refractivity contribution is -0.387. The van der Waals surface area contributed by atoms with Crippen molar-refractivity contribution in [1.29, 1.82) is 0 Å². The topological polar surface area (TPSA) is 84.3 Å². The average Bonchev–Trinajstić information content (AvgIpc) is 2.50. The number of nitrogens with one attached hydrogen (secondary N) is 2. The summed E-state index contributed by atoms with van der Waals surface area (Å²) in [5.41, 5.74) is 1.27. The number of halogens is 2. The standard InChI is InChI=1S/C15H13BrFN3O3/c1-9-6-11(2-4-12(9)16)19-15(21)8-18-10-3-5-13(17)14(7-10)20(22)23/h2-7,18H,8H2,1H3,(H,19,21). The normalized spacial score (nSPS) is 10.2. The van der Waals surface area contributed by atoms with Gasteiger partial charge in [0.2, 0.25) is 11.7 Å². The van der Waals surface area contributed by atoms with E-state index in [4.69, 9.17) is 0 Å². The second-order valence-electron chi connectivity index (χ2n) is 4.79. The van der Waals surface area contributed by atoms with Crippen LogP contribution in [0.4, 0.5) is 21.5 Å². The quantitative estimate of drug-likeness (QED) is 0.608. The van der Waals surface area contributed by atoms with Gasteiger partial charge in [-0.3, -0.25) is 14.9 Å². The van der Waals surface area contributed by atoms with Crippen LogP contribution in [-0.4, -0.2) is 17.4 Å². The van der Waals surface area contributed by atoms with Gasteiger partial charge in [-0.05, 0) is 42.8 Å². The molecule has 0 unspecified atom stereocenters. The Morgan fingerprint density at radius 3 is 2.61 bits per heavy atom. The van der Waals surface area contributed by atoms with Crippen LogP contribution in [0, 0.1) is 22.9 Å². The van der Waals surface area contributed by atoms with E-state index in [1.807, 2.05) is 19.1 Å². The van der Waals surface area contributed by atoms with Gasteiger partial charge in [-0.2, -0.15) is 4.39 Å². The Morgan fingerprint density at radius 1 is 1.26 bits per heavy atom. The molecule has 0 spiro atoms. The van der Waals surface area contributed by atoms with E-state index < -0.39 is 16.4 Å². The monoisotopic (exact) mass is 381 g/mol. The summed E-state index contributed by atoms with van der Waals surface area (Å²) >= 11 is 3.37. The summed E-state index contributed by atoms with van der Waals surface area (Å²) in [6.07, 6.45) is 0. The smallest absolute Gasteiger partial charge is 0.306 e. The molecule has 2 N–H and O–H groups in total. The van der Waals surface area contributed by atoms with E-state index in [1.165, 1.54) is 6.07 Å². The lowest BCUT2D eigenvalue weighted by Crippen LogP contribution is -2.21. The Labute approximate surface area is 140 Å². The largest absolute Gasteiger partial charge is 0.376 e. The van der Waals surface area contributed by atoms with E-state index in [0.717, 1.165) is 22.2 Å². The van der Waals surface area contributed by atoms with Crippen LogP contribution in [0.2, 0.25) is 0 Å². The van der Waals surface area contributed by atoms with Gasteiger partial charge in [0.15, 0.2) is 0 Å². The first-order valence-corrected chi connectivity index (χ1v) is 7.40. The van der Waals surface area contributed by atoms with Crippen LogP contribution in [0.5, 0.6) is 0 Å². The van der Waals surface area contributed by atoms with Gasteiger partial charge in [0.1, 0.15) is 0 Å².